The number of aryl methyl sites for hydroxylation is 2. The molecule has 0 aliphatic carbocycles. The fraction of sp³-hybridized carbons (Fsp3) is 0.143. The van der Waals surface area contributed by atoms with Gasteiger partial charge in [-0.05, 0) is 94.8 Å². The molecule has 3 heteroatoms. The summed E-state index contributed by atoms with van der Waals surface area (Å²) in [7, 11) is 0. The number of halogens is 1. The Morgan fingerprint density at radius 1 is 1.17 bits per heavy atom. The lowest BCUT2D eigenvalue weighted by atomic mass is 10.0. The second-order valence-electron chi connectivity index (χ2n) is 5.82. The third kappa shape index (κ3) is 3.95. The van der Waals surface area contributed by atoms with Crippen molar-refractivity contribution >= 4 is 50.2 Å². The van der Waals surface area contributed by atoms with E-state index in [0.717, 1.165) is 27.9 Å². The van der Waals surface area contributed by atoms with Gasteiger partial charge in [0.2, 0.25) is 0 Å². The fourth-order valence-corrected chi connectivity index (χ4v) is 3.82. The Morgan fingerprint density at radius 2 is 2.00 bits per heavy atom. The van der Waals surface area contributed by atoms with Crippen LogP contribution in [0.25, 0.3) is 15.9 Å². The maximum absolute atomic E-state index is 5.38. The molecule has 1 heterocycles. The van der Waals surface area contributed by atoms with Crippen LogP contribution >= 0.6 is 34.4 Å². The molecule has 2 aromatic carbocycles. The van der Waals surface area contributed by atoms with Crippen LogP contribution < -0.4 is 0 Å². The molecule has 24 heavy (non-hydrogen) atoms. The van der Waals surface area contributed by atoms with E-state index in [4.69, 9.17) is 4.42 Å². The monoisotopic (exact) mass is 446 g/mol. The predicted molar refractivity (Wildman–Crippen MR) is 114 cm³/mol. The van der Waals surface area contributed by atoms with Gasteiger partial charge in [-0.3, -0.25) is 0 Å². The lowest BCUT2D eigenvalue weighted by molar-refractivity contribution is 0.616. The van der Waals surface area contributed by atoms with E-state index in [-0.39, 0.29) is 0 Å². The van der Waals surface area contributed by atoms with Gasteiger partial charge in [0, 0.05) is 13.9 Å². The van der Waals surface area contributed by atoms with Gasteiger partial charge in [0.05, 0.1) is 6.26 Å². The fourth-order valence-electron chi connectivity index (χ4n) is 2.57. The lowest BCUT2D eigenvalue weighted by Crippen LogP contribution is -1.91. The number of allylic oxidation sites excluding steroid dienone is 1. The van der Waals surface area contributed by atoms with Crippen LogP contribution in [-0.4, -0.2) is 0 Å². The Hall–Kier alpha value is -1.46. The second kappa shape index (κ2) is 7.62. The molecule has 0 bridgehead atoms. The Balaban J connectivity index is 1.63. The van der Waals surface area contributed by atoms with E-state index in [1.54, 1.807) is 18.0 Å². The molecule has 0 aliphatic heterocycles. The van der Waals surface area contributed by atoms with Crippen molar-refractivity contribution < 1.29 is 4.42 Å². The minimum atomic E-state index is 0.914. The molecule has 0 saturated heterocycles. The molecule has 0 aliphatic rings. The molecule has 3 aromatic rings. The maximum atomic E-state index is 5.38. The first-order valence-corrected chi connectivity index (χ1v) is 9.74. The van der Waals surface area contributed by atoms with E-state index in [1.807, 2.05) is 12.1 Å². The van der Waals surface area contributed by atoms with Gasteiger partial charge in [0.15, 0.2) is 0 Å². The summed E-state index contributed by atoms with van der Waals surface area (Å²) in [5.41, 5.74) is 6.13. The average molecular weight is 446 g/mol. The van der Waals surface area contributed by atoms with Crippen molar-refractivity contribution in [2.45, 2.75) is 20.3 Å². The van der Waals surface area contributed by atoms with Crippen LogP contribution in [-0.2, 0) is 6.42 Å². The highest BCUT2D eigenvalue weighted by Crippen LogP contribution is 2.29. The van der Waals surface area contributed by atoms with E-state index in [2.05, 4.69) is 78.8 Å². The quantitative estimate of drug-likeness (QED) is 0.388. The Bertz CT molecular complexity index is 921. The third-order valence-electron chi connectivity index (χ3n) is 4.04. The number of thioether (sulfide) groups is 1. The van der Waals surface area contributed by atoms with Gasteiger partial charge in [-0.2, -0.15) is 0 Å². The summed E-state index contributed by atoms with van der Waals surface area (Å²) in [5.74, 6) is 0. The first-order valence-electron chi connectivity index (χ1n) is 7.78. The molecule has 0 spiro atoms. The Kier molecular flexibility index (Phi) is 5.51. The SMILES string of the molecule is C=C(S/C=C/Cc1cc(C)c(I)cc1C)c1ccc2occc2c1. The average Bonchev–Trinajstić information content (AvgIpc) is 3.03. The zero-order chi connectivity index (χ0) is 17.1. The van der Waals surface area contributed by atoms with Gasteiger partial charge in [0.1, 0.15) is 5.58 Å². The molecular weight excluding hydrogens is 427 g/mol. The van der Waals surface area contributed by atoms with Crippen LogP contribution in [0.4, 0.5) is 0 Å². The number of fused-ring (bicyclic) bond motifs is 1. The van der Waals surface area contributed by atoms with Crippen molar-refractivity contribution in [3.8, 4) is 0 Å². The van der Waals surface area contributed by atoms with E-state index >= 15 is 0 Å². The molecule has 3 rings (SSSR count). The van der Waals surface area contributed by atoms with Gasteiger partial charge < -0.3 is 4.42 Å². The van der Waals surface area contributed by atoms with Crippen molar-refractivity contribution in [2.75, 3.05) is 0 Å². The van der Waals surface area contributed by atoms with E-state index in [0.29, 0.717) is 0 Å². The summed E-state index contributed by atoms with van der Waals surface area (Å²) in [4.78, 5) is 1.05. The normalized spacial score (nSPS) is 11.5. The van der Waals surface area contributed by atoms with Crippen LogP contribution in [0.15, 0.2) is 65.1 Å². The molecule has 0 fully saturated rings. The molecule has 0 N–H and O–H groups in total. The van der Waals surface area contributed by atoms with Crippen molar-refractivity contribution in [1.82, 2.24) is 0 Å². The van der Waals surface area contributed by atoms with Crippen molar-refractivity contribution in [2.24, 2.45) is 0 Å². The molecule has 1 aromatic heterocycles. The number of furan rings is 1. The van der Waals surface area contributed by atoms with Gasteiger partial charge in [0.25, 0.3) is 0 Å². The minimum Gasteiger partial charge on any atom is -0.464 e. The standard InChI is InChI=1S/C21H19IOS/c1-14-12-20(22)15(2)11-17(14)5-4-10-24-16(3)18-6-7-21-19(13-18)8-9-23-21/h4,6-13H,3,5H2,1-2H3/b10-4+. The first-order chi connectivity index (χ1) is 11.5. The summed E-state index contributed by atoms with van der Waals surface area (Å²) < 4.78 is 6.71. The maximum Gasteiger partial charge on any atom is 0.133 e. The molecule has 0 unspecified atom stereocenters. The van der Waals surface area contributed by atoms with Gasteiger partial charge in [-0.15, -0.1) is 0 Å². The predicted octanol–water partition coefficient (Wildman–Crippen LogP) is 7.11. The van der Waals surface area contributed by atoms with Gasteiger partial charge >= 0.3 is 0 Å². The van der Waals surface area contributed by atoms with Crippen LogP contribution in [0.3, 0.4) is 0 Å². The molecule has 1 nitrogen and oxygen atoms in total. The number of rotatable bonds is 5. The first kappa shape index (κ1) is 17.4. The summed E-state index contributed by atoms with van der Waals surface area (Å²) in [6.45, 7) is 8.53. The van der Waals surface area contributed by atoms with Crippen LogP contribution in [0, 0.1) is 17.4 Å². The minimum absolute atomic E-state index is 0.914. The lowest BCUT2D eigenvalue weighted by Gasteiger charge is -2.07. The van der Waals surface area contributed by atoms with E-state index < -0.39 is 0 Å². The highest BCUT2D eigenvalue weighted by molar-refractivity contribution is 14.1. The zero-order valence-corrected chi connectivity index (χ0v) is 16.8. The molecule has 0 atom stereocenters. The zero-order valence-electron chi connectivity index (χ0n) is 13.8. The number of benzene rings is 2. The molecule has 122 valence electrons. The van der Waals surface area contributed by atoms with E-state index in [9.17, 15) is 0 Å². The van der Waals surface area contributed by atoms with Gasteiger partial charge in [-0.25, -0.2) is 0 Å². The molecule has 0 amide bonds. The van der Waals surface area contributed by atoms with Crippen LogP contribution in [0.2, 0.25) is 0 Å². The van der Waals surface area contributed by atoms with Crippen molar-refractivity contribution in [3.63, 3.8) is 0 Å². The van der Waals surface area contributed by atoms with Crippen LogP contribution in [0.1, 0.15) is 22.3 Å². The Labute approximate surface area is 161 Å². The second-order valence-corrected chi connectivity index (χ2v) is 7.98. The summed E-state index contributed by atoms with van der Waals surface area (Å²) in [5, 5.41) is 3.25. The van der Waals surface area contributed by atoms with Crippen LogP contribution in [0.5, 0.6) is 0 Å². The topological polar surface area (TPSA) is 13.1 Å². The molecule has 0 radical (unpaired) electrons. The van der Waals surface area contributed by atoms with Crippen molar-refractivity contribution in [1.29, 1.82) is 0 Å². The highest BCUT2D eigenvalue weighted by atomic mass is 127. The van der Waals surface area contributed by atoms with Gasteiger partial charge in [-0.1, -0.05) is 36.5 Å². The smallest absolute Gasteiger partial charge is 0.133 e. The largest absolute Gasteiger partial charge is 0.464 e. The number of hydrogen-bond donors (Lipinski definition) is 0. The highest BCUT2D eigenvalue weighted by Gasteiger charge is 2.03. The summed E-state index contributed by atoms with van der Waals surface area (Å²) >= 11 is 4.06. The third-order valence-corrected chi connectivity index (χ3v) is 6.05. The summed E-state index contributed by atoms with van der Waals surface area (Å²) in [6.07, 6.45) is 4.88. The number of hydrogen-bond acceptors (Lipinski definition) is 2. The van der Waals surface area contributed by atoms with Crippen molar-refractivity contribution in [3.05, 3.63) is 86.5 Å². The molecule has 0 saturated carbocycles. The summed E-state index contributed by atoms with van der Waals surface area (Å²) in [6, 6.07) is 12.7. The van der Waals surface area contributed by atoms with E-state index in [1.165, 1.54) is 20.3 Å². The Morgan fingerprint density at radius 3 is 2.83 bits per heavy atom. The molecular formula is C21H19IOS.